The molecular weight excluding hydrogens is 232 g/mol. The highest BCUT2D eigenvalue weighted by Crippen LogP contribution is 2.15. The van der Waals surface area contributed by atoms with Gasteiger partial charge in [-0.3, -0.25) is 15.6 Å². The largest absolute Gasteiger partial charge is 0.376 e. The normalized spacial score (nSPS) is 20.4. The van der Waals surface area contributed by atoms with Crippen molar-refractivity contribution in [3.8, 4) is 0 Å². The molecule has 2 rings (SSSR count). The van der Waals surface area contributed by atoms with Gasteiger partial charge in [-0.25, -0.2) is 0 Å². The molecule has 2 atom stereocenters. The molecule has 0 aliphatic carbocycles. The molecule has 6 nitrogen and oxygen atoms in total. The van der Waals surface area contributed by atoms with Gasteiger partial charge in [0.05, 0.1) is 17.8 Å². The molecule has 0 aromatic carbocycles. The first kappa shape index (κ1) is 12.8. The van der Waals surface area contributed by atoms with Gasteiger partial charge in [-0.15, -0.1) is 0 Å². The van der Waals surface area contributed by atoms with Crippen LogP contribution in [0.4, 0.5) is 5.69 Å². The number of carbonyl (C=O) groups excluding carboxylic acids is 1. The zero-order valence-corrected chi connectivity index (χ0v) is 10.3. The van der Waals surface area contributed by atoms with Crippen LogP contribution in [0.3, 0.4) is 0 Å². The summed E-state index contributed by atoms with van der Waals surface area (Å²) < 4.78 is 5.53. The van der Waals surface area contributed by atoms with Crippen molar-refractivity contribution in [3.05, 3.63) is 24.0 Å². The van der Waals surface area contributed by atoms with Gasteiger partial charge in [0.25, 0.3) is 5.91 Å². The van der Waals surface area contributed by atoms with Crippen LogP contribution in [-0.2, 0) is 4.74 Å². The summed E-state index contributed by atoms with van der Waals surface area (Å²) in [6.07, 6.45) is 3.68. The summed E-state index contributed by atoms with van der Waals surface area (Å²) in [6, 6.07) is 3.29. The number of hydrogen-bond acceptors (Lipinski definition) is 5. The number of hydrogen-bond donors (Lipinski definition) is 3. The lowest BCUT2D eigenvalue weighted by Gasteiger charge is -2.19. The second kappa shape index (κ2) is 5.79. The number of nitrogens with zero attached hydrogens (tertiary/aromatic N) is 1. The molecule has 2 heterocycles. The molecule has 0 bridgehead atoms. The molecule has 1 aliphatic heterocycles. The van der Waals surface area contributed by atoms with Crippen molar-refractivity contribution < 1.29 is 9.53 Å². The summed E-state index contributed by atoms with van der Waals surface area (Å²) in [4.78, 5) is 16.0. The Morgan fingerprint density at radius 1 is 1.67 bits per heavy atom. The summed E-state index contributed by atoms with van der Waals surface area (Å²) in [5.41, 5.74) is 3.48. The van der Waals surface area contributed by atoms with Crippen LogP contribution in [-0.4, -0.2) is 29.6 Å². The fourth-order valence-electron chi connectivity index (χ4n) is 2.02. The van der Waals surface area contributed by atoms with E-state index in [1.165, 1.54) is 0 Å². The van der Waals surface area contributed by atoms with Gasteiger partial charge in [-0.2, -0.15) is 0 Å². The van der Waals surface area contributed by atoms with Crippen molar-refractivity contribution in [2.24, 2.45) is 5.84 Å². The number of nitrogen functional groups attached to an aromatic ring is 1. The highest BCUT2D eigenvalue weighted by molar-refractivity contribution is 5.93. The van der Waals surface area contributed by atoms with E-state index in [-0.39, 0.29) is 18.1 Å². The van der Waals surface area contributed by atoms with Gasteiger partial charge >= 0.3 is 0 Å². The Morgan fingerprint density at radius 2 is 2.50 bits per heavy atom. The minimum absolute atomic E-state index is 0.0173. The monoisotopic (exact) mass is 250 g/mol. The van der Waals surface area contributed by atoms with Crippen molar-refractivity contribution in [1.82, 2.24) is 10.3 Å². The van der Waals surface area contributed by atoms with Crippen LogP contribution in [0.15, 0.2) is 18.3 Å². The lowest BCUT2D eigenvalue weighted by molar-refractivity contribution is 0.0709. The smallest absolute Gasteiger partial charge is 0.270 e. The van der Waals surface area contributed by atoms with Gasteiger partial charge in [-0.1, -0.05) is 0 Å². The number of amides is 1. The molecule has 18 heavy (non-hydrogen) atoms. The summed E-state index contributed by atoms with van der Waals surface area (Å²) in [7, 11) is 0. The number of hydrazine groups is 1. The van der Waals surface area contributed by atoms with Gasteiger partial charge in [0.2, 0.25) is 0 Å². The van der Waals surface area contributed by atoms with Gasteiger partial charge in [-0.05, 0) is 31.9 Å². The SMILES string of the molecule is CC(NC(=O)c1cc(NN)ccn1)C1CCCO1. The molecule has 1 aromatic rings. The number of ether oxygens (including phenoxy) is 1. The fraction of sp³-hybridized carbons (Fsp3) is 0.500. The van der Waals surface area contributed by atoms with Gasteiger partial charge in [0, 0.05) is 12.8 Å². The van der Waals surface area contributed by atoms with E-state index in [9.17, 15) is 4.79 Å². The molecule has 0 spiro atoms. The molecule has 4 N–H and O–H groups in total. The molecule has 1 saturated heterocycles. The van der Waals surface area contributed by atoms with Crippen LogP contribution in [0.5, 0.6) is 0 Å². The van der Waals surface area contributed by atoms with Crippen LogP contribution in [0.1, 0.15) is 30.3 Å². The van der Waals surface area contributed by atoms with Crippen molar-refractivity contribution in [1.29, 1.82) is 0 Å². The number of carbonyl (C=O) groups is 1. The highest BCUT2D eigenvalue weighted by Gasteiger charge is 2.24. The number of aromatic nitrogens is 1. The van der Waals surface area contributed by atoms with Crippen LogP contribution in [0.2, 0.25) is 0 Å². The first-order valence-corrected chi connectivity index (χ1v) is 6.06. The van der Waals surface area contributed by atoms with E-state index in [0.29, 0.717) is 11.4 Å². The van der Waals surface area contributed by atoms with E-state index in [4.69, 9.17) is 10.6 Å². The predicted molar refractivity (Wildman–Crippen MR) is 67.9 cm³/mol. The molecule has 1 aromatic heterocycles. The third kappa shape index (κ3) is 2.96. The number of nitrogens with two attached hydrogens (primary N) is 1. The van der Waals surface area contributed by atoms with Crippen molar-refractivity contribution >= 4 is 11.6 Å². The molecular formula is C12H18N4O2. The predicted octanol–water partition coefficient (Wildman–Crippen LogP) is 0.664. The number of pyridine rings is 1. The maximum absolute atomic E-state index is 12.0. The van der Waals surface area contributed by atoms with Gasteiger partial charge < -0.3 is 15.5 Å². The highest BCUT2D eigenvalue weighted by atomic mass is 16.5. The maximum atomic E-state index is 12.0. The van der Waals surface area contributed by atoms with Crippen LogP contribution in [0.25, 0.3) is 0 Å². The topological polar surface area (TPSA) is 89.3 Å². The van der Waals surface area contributed by atoms with Gasteiger partial charge in [0.1, 0.15) is 5.69 Å². The zero-order chi connectivity index (χ0) is 13.0. The Bertz CT molecular complexity index is 418. The fourth-order valence-corrected chi connectivity index (χ4v) is 2.02. The standard InChI is InChI=1S/C12H18N4O2/c1-8(11-3-2-6-18-11)15-12(17)10-7-9(16-13)4-5-14-10/h4-5,7-8,11H,2-3,6,13H2,1H3,(H,14,16)(H,15,17). The van der Waals surface area contributed by atoms with E-state index >= 15 is 0 Å². The number of rotatable bonds is 4. The first-order valence-electron chi connectivity index (χ1n) is 6.06. The van der Waals surface area contributed by atoms with Gasteiger partial charge in [0.15, 0.2) is 0 Å². The van der Waals surface area contributed by atoms with Crippen molar-refractivity contribution in [2.75, 3.05) is 12.0 Å². The number of nitrogens with one attached hydrogen (secondary N) is 2. The average molecular weight is 250 g/mol. The quantitative estimate of drug-likeness (QED) is 0.539. The summed E-state index contributed by atoms with van der Waals surface area (Å²) in [5, 5.41) is 2.89. The maximum Gasteiger partial charge on any atom is 0.270 e. The molecule has 1 aliphatic rings. The minimum Gasteiger partial charge on any atom is -0.376 e. The molecule has 98 valence electrons. The molecule has 1 fully saturated rings. The summed E-state index contributed by atoms with van der Waals surface area (Å²) in [5.74, 6) is 5.08. The van der Waals surface area contributed by atoms with Crippen LogP contribution < -0.4 is 16.6 Å². The lowest BCUT2D eigenvalue weighted by atomic mass is 10.1. The Hall–Kier alpha value is -1.66. The third-order valence-electron chi connectivity index (χ3n) is 3.04. The van der Waals surface area contributed by atoms with E-state index in [2.05, 4.69) is 15.7 Å². The summed E-state index contributed by atoms with van der Waals surface area (Å²) >= 11 is 0. The molecule has 0 radical (unpaired) electrons. The minimum atomic E-state index is -0.213. The Labute approximate surface area is 106 Å². The second-order valence-corrected chi connectivity index (χ2v) is 4.39. The average Bonchev–Trinajstić information content (AvgIpc) is 2.92. The number of anilines is 1. The van der Waals surface area contributed by atoms with Crippen LogP contribution >= 0.6 is 0 Å². The van der Waals surface area contributed by atoms with Crippen LogP contribution in [0, 0.1) is 0 Å². The Kier molecular flexibility index (Phi) is 4.11. The van der Waals surface area contributed by atoms with E-state index in [1.807, 2.05) is 6.92 Å². The first-order chi connectivity index (χ1) is 8.70. The van der Waals surface area contributed by atoms with Crippen molar-refractivity contribution in [2.45, 2.75) is 31.9 Å². The molecule has 0 saturated carbocycles. The van der Waals surface area contributed by atoms with E-state index in [0.717, 1.165) is 19.4 Å². The Morgan fingerprint density at radius 3 is 3.17 bits per heavy atom. The van der Waals surface area contributed by atoms with E-state index < -0.39 is 0 Å². The Balaban J connectivity index is 1.97. The van der Waals surface area contributed by atoms with Crippen molar-refractivity contribution in [3.63, 3.8) is 0 Å². The molecule has 2 unspecified atom stereocenters. The molecule has 6 heteroatoms. The zero-order valence-electron chi connectivity index (χ0n) is 10.3. The second-order valence-electron chi connectivity index (χ2n) is 4.39. The molecule has 1 amide bonds. The lowest BCUT2D eigenvalue weighted by Crippen LogP contribution is -2.41. The van der Waals surface area contributed by atoms with E-state index in [1.54, 1.807) is 18.3 Å². The third-order valence-corrected chi connectivity index (χ3v) is 3.04. The summed E-state index contributed by atoms with van der Waals surface area (Å²) in [6.45, 7) is 2.72.